The number of piperidine rings is 2. The van der Waals surface area contributed by atoms with Gasteiger partial charge in [-0.2, -0.15) is 0 Å². The molecule has 1 aromatic carbocycles. The van der Waals surface area contributed by atoms with Crippen LogP contribution in [0, 0.1) is 23.7 Å². The smallest absolute Gasteiger partial charge is 0.326 e. The molecule has 1 N–H and O–H groups in total. The van der Waals surface area contributed by atoms with Crippen LogP contribution in [0.4, 0.5) is 5.82 Å². The Morgan fingerprint density at radius 3 is 2.24 bits per heavy atom. The Morgan fingerprint density at radius 1 is 0.816 bits per heavy atom. The summed E-state index contributed by atoms with van der Waals surface area (Å²) in [7, 11) is 0. The first kappa shape index (κ1) is 23.5. The van der Waals surface area contributed by atoms with Gasteiger partial charge >= 0.3 is 5.97 Å². The lowest BCUT2D eigenvalue weighted by atomic mass is 9.76. The van der Waals surface area contributed by atoms with Gasteiger partial charge in [-0.25, -0.2) is 9.78 Å². The maximum Gasteiger partial charge on any atom is 0.326 e. The Kier molecular flexibility index (Phi) is 5.44. The van der Waals surface area contributed by atoms with Crippen molar-refractivity contribution in [2.45, 2.75) is 107 Å². The van der Waals surface area contributed by atoms with Gasteiger partial charge in [0.15, 0.2) is 5.82 Å². The van der Waals surface area contributed by atoms with Crippen LogP contribution in [-0.2, 0) is 4.79 Å². The molecular formula is C31H40N4O3. The molecule has 6 aliphatic rings. The molecule has 0 amide bonds. The summed E-state index contributed by atoms with van der Waals surface area (Å²) in [6, 6.07) is 9.26. The number of carboxylic acids is 1. The first-order chi connectivity index (χ1) is 18.5. The fraction of sp³-hybridized carbons (Fsp3) is 0.710. The van der Waals surface area contributed by atoms with Crippen molar-refractivity contribution < 1.29 is 9.90 Å². The summed E-state index contributed by atoms with van der Waals surface area (Å²) in [5.41, 5.74) is 1.59. The summed E-state index contributed by atoms with van der Waals surface area (Å²) in [5, 5.41) is 9.66. The van der Waals surface area contributed by atoms with Crippen molar-refractivity contribution in [2.75, 3.05) is 11.4 Å². The Hall–Kier alpha value is -2.41. The van der Waals surface area contributed by atoms with E-state index in [1.807, 2.05) is 28.8 Å². The van der Waals surface area contributed by atoms with E-state index in [1.54, 1.807) is 4.90 Å². The van der Waals surface area contributed by atoms with Crippen LogP contribution in [0.2, 0.25) is 0 Å². The Balaban J connectivity index is 1.13. The molecule has 8 rings (SSSR count). The SMILES string of the molecule is O=C(O)C1CCN1c1nc2ccccc2n(C2CC3CCCC(C2)N3C2CC3CC4CC(C3)C(C4)C2)c1=O. The standard InChI is InChI=1S/C31H40N4O3/c36-30-29(33-9-8-28(33)31(37)38)32-26-6-1-2-7-27(26)35(30)25-16-22-4-3-5-23(17-25)34(22)24-14-19-10-18-11-20(13-19)21(12-18)15-24/h1-2,6-7,18-25,28H,3-5,8-17H2,(H,37,38). The number of carbonyl (C=O) groups is 1. The minimum absolute atomic E-state index is 0.102. The topological polar surface area (TPSA) is 78.7 Å². The van der Waals surface area contributed by atoms with E-state index in [0.717, 1.165) is 53.6 Å². The average molecular weight is 517 g/mol. The highest BCUT2D eigenvalue weighted by molar-refractivity contribution is 5.81. The number of fused-ring (bicyclic) bond motifs is 5. The van der Waals surface area contributed by atoms with Crippen LogP contribution >= 0.6 is 0 Å². The fourth-order valence-electron chi connectivity index (χ4n) is 10.2. The lowest BCUT2D eigenvalue weighted by Gasteiger charge is -2.53. The summed E-state index contributed by atoms with van der Waals surface area (Å²) < 4.78 is 2.02. The second-order valence-electron chi connectivity index (χ2n) is 13.6. The summed E-state index contributed by atoms with van der Waals surface area (Å²) in [6.45, 7) is 0.576. The van der Waals surface area contributed by atoms with Crippen molar-refractivity contribution >= 4 is 22.8 Å². The second-order valence-corrected chi connectivity index (χ2v) is 13.6. The van der Waals surface area contributed by atoms with Gasteiger partial charge in [-0.05, 0) is 106 Å². The normalized spacial score (nSPS) is 40.2. The van der Waals surface area contributed by atoms with Crippen LogP contribution in [0.3, 0.4) is 0 Å². The third-order valence-corrected chi connectivity index (χ3v) is 11.6. The predicted molar refractivity (Wildman–Crippen MR) is 146 cm³/mol. The summed E-state index contributed by atoms with van der Waals surface area (Å²) in [6.07, 6.45) is 15.1. The van der Waals surface area contributed by atoms with Crippen LogP contribution in [0.25, 0.3) is 11.0 Å². The van der Waals surface area contributed by atoms with Gasteiger partial charge in [-0.3, -0.25) is 9.69 Å². The van der Waals surface area contributed by atoms with E-state index in [1.165, 1.54) is 57.8 Å². The van der Waals surface area contributed by atoms with Gasteiger partial charge < -0.3 is 14.6 Å². The van der Waals surface area contributed by atoms with Crippen molar-refractivity contribution in [1.29, 1.82) is 0 Å². The predicted octanol–water partition coefficient (Wildman–Crippen LogP) is 4.83. The minimum atomic E-state index is -0.870. The van der Waals surface area contributed by atoms with Crippen LogP contribution in [-0.4, -0.2) is 56.2 Å². The Bertz CT molecular complexity index is 1310. The largest absolute Gasteiger partial charge is 0.480 e. The highest BCUT2D eigenvalue weighted by atomic mass is 16.4. The monoisotopic (exact) mass is 516 g/mol. The van der Waals surface area contributed by atoms with Gasteiger partial charge in [0.2, 0.25) is 0 Å². The first-order valence-corrected chi connectivity index (χ1v) is 15.3. The summed E-state index contributed by atoms with van der Waals surface area (Å²) >= 11 is 0. The van der Waals surface area contributed by atoms with Crippen molar-refractivity contribution in [2.24, 2.45) is 23.7 Å². The van der Waals surface area contributed by atoms with Gasteiger partial charge in [0.1, 0.15) is 6.04 Å². The maximum atomic E-state index is 14.1. The number of aromatic nitrogens is 2. The molecule has 3 aliphatic heterocycles. The van der Waals surface area contributed by atoms with Gasteiger partial charge in [-0.15, -0.1) is 0 Å². The van der Waals surface area contributed by atoms with E-state index in [0.29, 0.717) is 30.9 Å². The molecule has 0 spiro atoms. The molecule has 4 heterocycles. The number of anilines is 1. The van der Waals surface area contributed by atoms with Gasteiger partial charge in [0.25, 0.3) is 5.56 Å². The lowest BCUT2D eigenvalue weighted by molar-refractivity contribution is -0.140. The van der Waals surface area contributed by atoms with E-state index < -0.39 is 12.0 Å². The van der Waals surface area contributed by atoms with E-state index in [-0.39, 0.29) is 11.6 Å². The lowest BCUT2D eigenvalue weighted by Crippen LogP contribution is -2.58. The zero-order valence-corrected chi connectivity index (χ0v) is 22.3. The van der Waals surface area contributed by atoms with Gasteiger partial charge in [-0.1, -0.05) is 18.6 Å². The van der Waals surface area contributed by atoms with Crippen molar-refractivity contribution in [3.8, 4) is 0 Å². The third kappa shape index (κ3) is 3.60. The molecule has 3 aliphatic carbocycles. The molecule has 38 heavy (non-hydrogen) atoms. The number of hydrogen-bond acceptors (Lipinski definition) is 5. The molecule has 1 aromatic heterocycles. The van der Waals surface area contributed by atoms with Crippen LogP contribution in [0.1, 0.15) is 83.1 Å². The average Bonchev–Trinajstić information content (AvgIpc) is 3.07. The second kappa shape index (κ2) is 8.80. The molecule has 2 aromatic rings. The number of aliphatic carboxylic acids is 1. The molecule has 5 bridgehead atoms. The zero-order chi connectivity index (χ0) is 25.5. The van der Waals surface area contributed by atoms with Crippen LogP contribution in [0.15, 0.2) is 29.1 Å². The molecule has 0 radical (unpaired) electrons. The molecule has 6 fully saturated rings. The molecule has 3 saturated carbocycles. The molecular weight excluding hydrogens is 476 g/mol. The number of para-hydroxylation sites is 2. The number of hydrogen-bond donors (Lipinski definition) is 1. The maximum absolute atomic E-state index is 14.1. The Morgan fingerprint density at radius 2 is 1.53 bits per heavy atom. The molecule has 8 unspecified atom stereocenters. The van der Waals surface area contributed by atoms with E-state index in [9.17, 15) is 14.7 Å². The highest BCUT2D eigenvalue weighted by Crippen LogP contribution is 2.55. The highest BCUT2D eigenvalue weighted by Gasteiger charge is 2.49. The number of carboxylic acid groups (broad SMARTS) is 1. The number of benzene rings is 1. The van der Waals surface area contributed by atoms with Crippen LogP contribution in [0.5, 0.6) is 0 Å². The van der Waals surface area contributed by atoms with Crippen molar-refractivity contribution in [3.63, 3.8) is 0 Å². The van der Waals surface area contributed by atoms with Gasteiger partial charge in [0.05, 0.1) is 11.0 Å². The third-order valence-electron chi connectivity index (χ3n) is 11.6. The quantitative estimate of drug-likeness (QED) is 0.627. The molecule has 7 heteroatoms. The number of rotatable bonds is 4. The Labute approximate surface area is 224 Å². The van der Waals surface area contributed by atoms with Crippen LogP contribution < -0.4 is 10.5 Å². The van der Waals surface area contributed by atoms with E-state index in [2.05, 4.69) is 4.90 Å². The fourth-order valence-corrected chi connectivity index (χ4v) is 10.2. The zero-order valence-electron chi connectivity index (χ0n) is 22.3. The molecule has 3 saturated heterocycles. The summed E-state index contributed by atoms with van der Waals surface area (Å²) in [5.74, 6) is 3.35. The van der Waals surface area contributed by atoms with Crippen molar-refractivity contribution in [3.05, 3.63) is 34.6 Å². The first-order valence-electron chi connectivity index (χ1n) is 15.3. The minimum Gasteiger partial charge on any atom is -0.480 e. The molecule has 7 nitrogen and oxygen atoms in total. The molecule has 8 atom stereocenters. The molecule has 202 valence electrons. The van der Waals surface area contributed by atoms with Gasteiger partial charge in [0, 0.05) is 30.7 Å². The van der Waals surface area contributed by atoms with E-state index in [4.69, 9.17) is 4.98 Å². The van der Waals surface area contributed by atoms with Crippen molar-refractivity contribution in [1.82, 2.24) is 14.5 Å². The number of nitrogens with zero attached hydrogens (tertiary/aromatic N) is 4. The summed E-state index contributed by atoms with van der Waals surface area (Å²) in [4.78, 5) is 35.2. The van der Waals surface area contributed by atoms with E-state index >= 15 is 0 Å².